The highest BCUT2D eigenvalue weighted by atomic mass is 32.2. The molecule has 1 N–H and O–H groups in total. The number of carbonyl (C=O) groups excluding carboxylic acids is 2. The van der Waals surface area contributed by atoms with Crippen LogP contribution in [0.25, 0.3) is 5.03 Å². The first-order valence-electron chi connectivity index (χ1n) is 7.73. The van der Waals surface area contributed by atoms with E-state index in [9.17, 15) is 13.8 Å². The average Bonchev–Trinajstić information content (AvgIpc) is 2.91. The molecule has 0 saturated heterocycles. The van der Waals surface area contributed by atoms with Gasteiger partial charge in [0.05, 0.1) is 18.4 Å². The second-order valence-electron chi connectivity index (χ2n) is 6.75. The zero-order valence-electron chi connectivity index (χ0n) is 13.9. The van der Waals surface area contributed by atoms with Crippen LogP contribution in [-0.2, 0) is 33.5 Å². The minimum Gasteiger partial charge on any atom is -0.444 e. The van der Waals surface area contributed by atoms with Gasteiger partial charge in [0, 0.05) is 18.2 Å². The number of hydrogen-bond donors (Lipinski definition) is 1. The van der Waals surface area contributed by atoms with Crippen LogP contribution >= 0.6 is 0 Å². The van der Waals surface area contributed by atoms with Crippen molar-refractivity contribution in [3.63, 3.8) is 0 Å². The summed E-state index contributed by atoms with van der Waals surface area (Å²) >= 11 is 0. The molecular formula is C15H20N4O4S. The highest BCUT2D eigenvalue weighted by molar-refractivity contribution is 7.93. The Kier molecular flexibility index (Phi) is 4.20. The van der Waals surface area contributed by atoms with E-state index in [2.05, 4.69) is 9.82 Å². The van der Waals surface area contributed by atoms with Crippen LogP contribution in [0.1, 0.15) is 38.4 Å². The molecule has 3 heterocycles. The van der Waals surface area contributed by atoms with Gasteiger partial charge in [-0.2, -0.15) is 5.10 Å². The van der Waals surface area contributed by atoms with Crippen LogP contribution in [-0.4, -0.2) is 43.0 Å². The Morgan fingerprint density at radius 2 is 2.17 bits per heavy atom. The number of amides is 2. The molecule has 0 saturated carbocycles. The van der Waals surface area contributed by atoms with Crippen LogP contribution in [0.4, 0.5) is 4.79 Å². The van der Waals surface area contributed by atoms with Gasteiger partial charge in [0.25, 0.3) is 5.91 Å². The third kappa shape index (κ3) is 3.35. The maximum Gasteiger partial charge on any atom is 0.410 e. The molecule has 130 valence electrons. The number of aromatic nitrogens is 2. The lowest BCUT2D eigenvalue weighted by Crippen LogP contribution is -2.36. The first-order valence-corrected chi connectivity index (χ1v) is 8.88. The topological polar surface area (TPSA) is 93.5 Å². The third-order valence-electron chi connectivity index (χ3n) is 3.66. The molecule has 0 radical (unpaired) electrons. The van der Waals surface area contributed by atoms with E-state index in [0.717, 1.165) is 17.7 Å². The number of hydrogen-bond acceptors (Lipinski definition) is 5. The standard InChI is InChI=1S/C15H20N4O4S/c1-15(2,3)23-14(21)18-6-4-5-11-10(9-18)8-16-19(11)13-7-12(20)17-24(13)22/h7-8H,4-6,9H2,1-3H3,(H,17,20). The SMILES string of the molecule is CC(C)(C)OC(=O)N1CCCc2c(cnn2C2=CC(=O)NS2=O)C1. The molecule has 8 nitrogen and oxygen atoms in total. The Labute approximate surface area is 142 Å². The van der Waals surface area contributed by atoms with Crippen molar-refractivity contribution in [1.29, 1.82) is 0 Å². The first-order chi connectivity index (χ1) is 11.2. The number of ether oxygens (including phenoxy) is 1. The molecule has 1 atom stereocenters. The quantitative estimate of drug-likeness (QED) is 0.818. The average molecular weight is 352 g/mol. The normalized spacial score (nSPS) is 21.0. The van der Waals surface area contributed by atoms with Crippen molar-refractivity contribution >= 4 is 28.0 Å². The smallest absolute Gasteiger partial charge is 0.410 e. The van der Waals surface area contributed by atoms with Crippen molar-refractivity contribution in [2.75, 3.05) is 6.54 Å². The maximum atomic E-state index is 12.3. The van der Waals surface area contributed by atoms with Gasteiger partial charge in [-0.25, -0.2) is 13.7 Å². The molecule has 2 aliphatic heterocycles. The van der Waals surface area contributed by atoms with E-state index >= 15 is 0 Å². The zero-order chi connectivity index (χ0) is 17.5. The Bertz CT molecular complexity index is 747. The van der Waals surface area contributed by atoms with E-state index < -0.39 is 22.5 Å². The summed E-state index contributed by atoms with van der Waals surface area (Å²) in [7, 11) is -1.60. The van der Waals surface area contributed by atoms with E-state index in [4.69, 9.17) is 4.74 Å². The van der Waals surface area contributed by atoms with Crippen molar-refractivity contribution in [1.82, 2.24) is 19.4 Å². The summed E-state index contributed by atoms with van der Waals surface area (Å²) in [6.45, 7) is 6.45. The van der Waals surface area contributed by atoms with Crippen molar-refractivity contribution < 1.29 is 18.5 Å². The minimum atomic E-state index is -1.60. The highest BCUT2D eigenvalue weighted by Gasteiger charge is 2.29. The maximum absolute atomic E-state index is 12.3. The summed E-state index contributed by atoms with van der Waals surface area (Å²) in [4.78, 5) is 25.3. The van der Waals surface area contributed by atoms with E-state index in [0.29, 0.717) is 24.5 Å². The summed E-state index contributed by atoms with van der Waals surface area (Å²) in [5, 5.41) is 4.58. The predicted octanol–water partition coefficient (Wildman–Crippen LogP) is 1.16. The van der Waals surface area contributed by atoms with Gasteiger partial charge in [-0.1, -0.05) is 0 Å². The molecule has 9 heteroatoms. The van der Waals surface area contributed by atoms with Crippen LogP contribution in [0.3, 0.4) is 0 Å². The Hall–Kier alpha value is -2.16. The number of rotatable bonds is 1. The van der Waals surface area contributed by atoms with Gasteiger partial charge in [-0.3, -0.25) is 9.52 Å². The molecule has 3 rings (SSSR count). The molecule has 2 aliphatic rings. The highest BCUT2D eigenvalue weighted by Crippen LogP contribution is 2.24. The van der Waals surface area contributed by atoms with Gasteiger partial charge >= 0.3 is 6.09 Å². The summed E-state index contributed by atoms with van der Waals surface area (Å²) in [6, 6.07) is 0. The molecule has 1 aromatic rings. The van der Waals surface area contributed by atoms with Crippen molar-refractivity contribution in [3.8, 4) is 0 Å². The molecule has 2 amide bonds. The number of carbonyl (C=O) groups is 2. The lowest BCUT2D eigenvalue weighted by molar-refractivity contribution is -0.114. The summed E-state index contributed by atoms with van der Waals surface area (Å²) in [5.41, 5.74) is 1.20. The first kappa shape index (κ1) is 16.7. The van der Waals surface area contributed by atoms with Crippen LogP contribution in [0.15, 0.2) is 12.3 Å². The van der Waals surface area contributed by atoms with Gasteiger partial charge < -0.3 is 9.64 Å². The van der Waals surface area contributed by atoms with Crippen LogP contribution in [0.5, 0.6) is 0 Å². The van der Waals surface area contributed by atoms with Gasteiger partial charge in [0.15, 0.2) is 16.0 Å². The van der Waals surface area contributed by atoms with E-state index in [1.165, 1.54) is 6.08 Å². The summed E-state index contributed by atoms with van der Waals surface area (Å²) in [6.07, 6.45) is 4.00. The number of nitrogens with one attached hydrogen (secondary N) is 1. The molecule has 1 aromatic heterocycles. The fourth-order valence-corrected chi connectivity index (χ4v) is 3.55. The largest absolute Gasteiger partial charge is 0.444 e. The third-order valence-corrected chi connectivity index (χ3v) is 4.71. The molecule has 0 bridgehead atoms. The van der Waals surface area contributed by atoms with Crippen molar-refractivity contribution in [2.24, 2.45) is 0 Å². The molecule has 24 heavy (non-hydrogen) atoms. The molecule has 0 spiro atoms. The van der Waals surface area contributed by atoms with E-state index in [1.807, 2.05) is 20.8 Å². The van der Waals surface area contributed by atoms with Crippen LogP contribution in [0.2, 0.25) is 0 Å². The predicted molar refractivity (Wildman–Crippen MR) is 87.8 cm³/mol. The Morgan fingerprint density at radius 3 is 2.79 bits per heavy atom. The van der Waals surface area contributed by atoms with Gasteiger partial charge in [0.1, 0.15) is 5.60 Å². The lowest BCUT2D eigenvalue weighted by Gasteiger charge is -2.26. The minimum absolute atomic E-state index is 0.326. The van der Waals surface area contributed by atoms with E-state index in [-0.39, 0.29) is 6.09 Å². The van der Waals surface area contributed by atoms with Crippen LogP contribution < -0.4 is 4.72 Å². The summed E-state index contributed by atoms with van der Waals surface area (Å²) in [5.74, 6) is -0.392. The van der Waals surface area contributed by atoms with Crippen LogP contribution in [0, 0.1) is 0 Å². The monoisotopic (exact) mass is 352 g/mol. The Balaban J connectivity index is 1.84. The molecule has 0 fully saturated rings. The Morgan fingerprint density at radius 1 is 1.42 bits per heavy atom. The van der Waals surface area contributed by atoms with Crippen molar-refractivity contribution in [2.45, 2.75) is 45.8 Å². The fraction of sp³-hybridized carbons (Fsp3) is 0.533. The van der Waals surface area contributed by atoms with Gasteiger partial charge in [-0.15, -0.1) is 0 Å². The molecule has 0 aliphatic carbocycles. The van der Waals surface area contributed by atoms with Gasteiger partial charge in [-0.05, 0) is 33.6 Å². The number of nitrogens with zero attached hydrogens (tertiary/aromatic N) is 3. The van der Waals surface area contributed by atoms with E-state index in [1.54, 1.807) is 15.8 Å². The second-order valence-corrected chi connectivity index (χ2v) is 7.91. The second kappa shape index (κ2) is 6.04. The molecule has 1 unspecified atom stereocenters. The molecular weight excluding hydrogens is 332 g/mol. The van der Waals surface area contributed by atoms with Gasteiger partial charge in [0.2, 0.25) is 0 Å². The molecule has 0 aromatic carbocycles. The number of fused-ring (bicyclic) bond motifs is 1. The lowest BCUT2D eigenvalue weighted by atomic mass is 10.2. The zero-order valence-corrected chi connectivity index (χ0v) is 14.7. The summed E-state index contributed by atoms with van der Waals surface area (Å²) < 4.78 is 21.2. The fourth-order valence-electron chi connectivity index (χ4n) is 2.68. The van der Waals surface area contributed by atoms with Crippen molar-refractivity contribution in [3.05, 3.63) is 23.5 Å².